The molecule has 464 valence electrons. The minimum Gasteiger partial charge on any atom is -0.493 e. The summed E-state index contributed by atoms with van der Waals surface area (Å²) in [6, 6.07) is 17.6. The zero-order valence-electron chi connectivity index (χ0n) is 49.4. The van der Waals surface area contributed by atoms with Crippen LogP contribution in [0.15, 0.2) is 127 Å². The SMILES string of the molecule is Cc1cn2c(NCc3c(F)ccc4c3CCO4)ncc(-c3cccnc3C(F)F)c2n1.Cc1cn2c(NCc3c(F)ccc4c3CCO4)ncc(-c3ccnn(C)c3=O)c2n1.[C-]#[N+]c1cn2c(NCc3c(F)ccc4c3CCO4)ncc(-c3cccnc3CO)c2n1. The molecule has 0 atom stereocenters. The second-order valence-corrected chi connectivity index (χ2v) is 21.5. The van der Waals surface area contributed by atoms with Crippen LogP contribution in [0.1, 0.15) is 62.6 Å². The molecular formula is C65H54F5N17O5. The number of pyridine rings is 2. The van der Waals surface area contributed by atoms with Gasteiger partial charge in [-0.05, 0) is 68.4 Å². The fourth-order valence-corrected chi connectivity index (χ4v) is 11.5. The highest BCUT2D eigenvalue weighted by Gasteiger charge is 2.26. The number of halogens is 5. The predicted octanol–water partition coefficient (Wildman–Crippen LogP) is 10.7. The van der Waals surface area contributed by atoms with Gasteiger partial charge in [-0.3, -0.25) is 28.0 Å². The number of benzene rings is 3. The van der Waals surface area contributed by atoms with Crippen molar-refractivity contribution in [3.63, 3.8) is 0 Å². The highest BCUT2D eigenvalue weighted by Crippen LogP contribution is 2.37. The van der Waals surface area contributed by atoms with Crippen LogP contribution in [0.2, 0.25) is 0 Å². The van der Waals surface area contributed by atoms with E-state index in [2.05, 4.69) is 65.8 Å². The molecule has 0 spiro atoms. The van der Waals surface area contributed by atoms with Crippen LogP contribution < -0.4 is 35.7 Å². The molecule has 15 rings (SSSR count). The molecule has 92 heavy (non-hydrogen) atoms. The summed E-state index contributed by atoms with van der Waals surface area (Å²) in [6.07, 6.45) is 13.6. The van der Waals surface area contributed by atoms with E-state index in [1.165, 1.54) is 35.3 Å². The van der Waals surface area contributed by atoms with Crippen LogP contribution in [0.25, 0.3) is 55.2 Å². The first-order valence-corrected chi connectivity index (χ1v) is 29.0. The Bertz CT molecular complexity index is 4950. The van der Waals surface area contributed by atoms with Crippen molar-refractivity contribution in [3.8, 4) is 50.6 Å². The summed E-state index contributed by atoms with van der Waals surface area (Å²) in [5, 5.41) is 23.2. The number of alkyl halides is 2. The van der Waals surface area contributed by atoms with Gasteiger partial charge in [0.15, 0.2) is 0 Å². The molecule has 0 amide bonds. The van der Waals surface area contributed by atoms with E-state index in [1.807, 2.05) is 19.2 Å². The molecule has 12 heterocycles. The van der Waals surface area contributed by atoms with Gasteiger partial charge in [0, 0.05) is 157 Å². The number of hydrogen-bond donors (Lipinski definition) is 4. The van der Waals surface area contributed by atoms with Gasteiger partial charge in [0.1, 0.15) is 51.7 Å². The van der Waals surface area contributed by atoms with Gasteiger partial charge >= 0.3 is 0 Å². The summed E-state index contributed by atoms with van der Waals surface area (Å²) in [5.74, 6) is 2.80. The molecule has 12 aromatic rings. The van der Waals surface area contributed by atoms with Crippen molar-refractivity contribution < 1.29 is 41.3 Å². The number of nitrogens with zero attached hydrogens (tertiary/aromatic N) is 14. The molecule has 0 unspecified atom stereocenters. The van der Waals surface area contributed by atoms with Gasteiger partial charge in [0.2, 0.25) is 23.5 Å². The summed E-state index contributed by atoms with van der Waals surface area (Å²) in [5.41, 5.74) is 10.3. The van der Waals surface area contributed by atoms with Gasteiger partial charge in [-0.1, -0.05) is 23.7 Å². The number of rotatable bonds is 14. The Balaban J connectivity index is 0.000000126. The number of hydrogen-bond acceptors (Lipinski definition) is 17. The lowest BCUT2D eigenvalue weighted by Crippen LogP contribution is -2.21. The fraction of sp³-hybridized carbons (Fsp3) is 0.215. The number of anilines is 3. The molecule has 9 aromatic heterocycles. The normalized spacial score (nSPS) is 12.7. The van der Waals surface area contributed by atoms with Crippen LogP contribution in [-0.4, -0.2) is 87.8 Å². The van der Waals surface area contributed by atoms with E-state index < -0.39 is 6.43 Å². The second kappa shape index (κ2) is 25.2. The number of ether oxygens (including phenoxy) is 3. The summed E-state index contributed by atoms with van der Waals surface area (Å²) in [4.78, 5) is 50.9. The maximum absolute atomic E-state index is 14.5. The lowest BCUT2D eigenvalue weighted by molar-refractivity contribution is 0.147. The van der Waals surface area contributed by atoms with Crippen molar-refractivity contribution in [3.05, 3.63) is 218 Å². The zero-order chi connectivity index (χ0) is 63.7. The summed E-state index contributed by atoms with van der Waals surface area (Å²) < 4.78 is 93.4. The average molecular weight is 1250 g/mol. The smallest absolute Gasteiger partial charge is 0.288 e. The molecule has 0 saturated heterocycles. The zero-order valence-corrected chi connectivity index (χ0v) is 49.4. The van der Waals surface area contributed by atoms with E-state index in [4.69, 9.17) is 20.8 Å². The van der Waals surface area contributed by atoms with Crippen LogP contribution in [0.3, 0.4) is 0 Å². The van der Waals surface area contributed by atoms with Crippen molar-refractivity contribution in [1.29, 1.82) is 0 Å². The van der Waals surface area contributed by atoms with Crippen molar-refractivity contribution in [2.24, 2.45) is 7.05 Å². The van der Waals surface area contributed by atoms with E-state index in [0.29, 0.717) is 141 Å². The molecule has 0 saturated carbocycles. The highest BCUT2D eigenvalue weighted by molar-refractivity contribution is 5.82. The molecule has 3 aliphatic heterocycles. The molecule has 22 nitrogen and oxygen atoms in total. The lowest BCUT2D eigenvalue weighted by atomic mass is 10.0. The van der Waals surface area contributed by atoms with Gasteiger partial charge in [-0.2, -0.15) is 5.10 Å². The van der Waals surface area contributed by atoms with E-state index in [-0.39, 0.29) is 66.3 Å². The molecular weight excluding hydrogens is 1190 g/mol. The Hall–Kier alpha value is -11.4. The summed E-state index contributed by atoms with van der Waals surface area (Å²) >= 11 is 0. The van der Waals surface area contributed by atoms with Crippen LogP contribution in [-0.2, 0) is 52.6 Å². The van der Waals surface area contributed by atoms with Crippen molar-refractivity contribution in [2.75, 3.05) is 35.8 Å². The maximum atomic E-state index is 14.5. The Morgan fingerprint density at radius 3 is 1.49 bits per heavy atom. The van der Waals surface area contributed by atoms with Crippen LogP contribution >= 0.6 is 0 Å². The topological polar surface area (TPSA) is 240 Å². The molecule has 0 bridgehead atoms. The third-order valence-corrected chi connectivity index (χ3v) is 15.9. The lowest BCUT2D eigenvalue weighted by Gasteiger charge is -2.14. The van der Waals surface area contributed by atoms with Crippen molar-refractivity contribution >= 4 is 40.6 Å². The Morgan fingerprint density at radius 1 is 0.565 bits per heavy atom. The van der Waals surface area contributed by atoms with Gasteiger partial charge in [0.25, 0.3) is 17.8 Å². The first-order chi connectivity index (χ1) is 44.7. The number of aryl methyl sites for hydroxylation is 3. The van der Waals surface area contributed by atoms with E-state index in [0.717, 1.165) is 28.1 Å². The first-order valence-electron chi connectivity index (χ1n) is 29.0. The van der Waals surface area contributed by atoms with E-state index in [9.17, 15) is 31.9 Å². The quantitative estimate of drug-likeness (QED) is 0.0585. The largest absolute Gasteiger partial charge is 0.493 e. The van der Waals surface area contributed by atoms with Crippen LogP contribution in [0.5, 0.6) is 17.2 Å². The van der Waals surface area contributed by atoms with Gasteiger partial charge in [-0.25, -0.2) is 51.6 Å². The highest BCUT2D eigenvalue weighted by atomic mass is 19.3. The fourth-order valence-electron chi connectivity index (χ4n) is 11.5. The Labute approximate surface area is 519 Å². The molecule has 0 fully saturated rings. The average Bonchev–Trinajstić information content (AvgIpc) is 1.58. The van der Waals surface area contributed by atoms with Crippen molar-refractivity contribution in [2.45, 2.75) is 65.8 Å². The van der Waals surface area contributed by atoms with Gasteiger partial charge in [-0.15, -0.1) is 0 Å². The molecule has 0 aliphatic carbocycles. The summed E-state index contributed by atoms with van der Waals surface area (Å²) in [6.45, 7) is 13.1. The van der Waals surface area contributed by atoms with Crippen molar-refractivity contribution in [1.82, 2.24) is 62.9 Å². The Kier molecular flexibility index (Phi) is 16.3. The predicted molar refractivity (Wildman–Crippen MR) is 329 cm³/mol. The number of aromatic nitrogens is 13. The minimum atomic E-state index is -2.73. The van der Waals surface area contributed by atoms with Gasteiger partial charge < -0.3 is 40.1 Å². The van der Waals surface area contributed by atoms with Crippen LogP contribution in [0.4, 0.5) is 45.6 Å². The third kappa shape index (κ3) is 11.4. The van der Waals surface area contributed by atoms with Gasteiger partial charge in [0.05, 0.1) is 54.6 Å². The number of aliphatic hydroxyl groups is 1. The molecule has 3 aromatic carbocycles. The maximum Gasteiger partial charge on any atom is 0.288 e. The molecule has 3 aliphatic rings. The third-order valence-electron chi connectivity index (χ3n) is 15.9. The monoisotopic (exact) mass is 1250 g/mol. The minimum absolute atomic E-state index is 0.201. The molecule has 0 radical (unpaired) electrons. The van der Waals surface area contributed by atoms with E-state index >= 15 is 0 Å². The number of aliphatic hydroxyl groups excluding tert-OH is 1. The summed E-state index contributed by atoms with van der Waals surface area (Å²) in [7, 11) is 1.60. The van der Waals surface area contributed by atoms with E-state index in [1.54, 1.807) is 107 Å². The van der Waals surface area contributed by atoms with Crippen LogP contribution in [0, 0.1) is 37.9 Å². The first kappa shape index (κ1) is 59.6. The molecule has 4 N–H and O–H groups in total. The number of nitrogens with one attached hydrogen (secondary N) is 3. The number of imidazole rings is 3. The Morgan fingerprint density at radius 2 is 1.01 bits per heavy atom. The molecule has 27 heteroatoms. The second-order valence-electron chi connectivity index (χ2n) is 21.5. The standard InChI is InChI=1S/C22H18F3N5O.C22H17FN6O2.C21H19FN6O2/c1-12-11-30-21(29-12)16(14-3-2-7-26-19(14)20(24)25)10-28-22(30)27-9-15-13-6-8-31-18(13)5-4-17(15)23;1-24-20-11-29-21(28-20)16(13-3-2-7-25-18(13)12-30)10-27-22(29)26-9-15-14-6-8-31-19(14)5-4-17(15)23;1-12-11-28-19(26-12)16(14-5-7-25-27(2)20(14)29)10-24-21(28)23-9-15-13-6-8-30-18(13)4-3-17(15)22/h2-5,7,10-11,20H,6,8-9H2,1H3,(H,27,28);2-5,7,10-11,30H,6,8-9,12H2,(H,26,27);3-5,7,10-11H,6,8-9H2,1-2H3,(H,23,24). The number of fused-ring (bicyclic) bond motifs is 6.